The first kappa shape index (κ1) is 14.9. The number of hydrogen-bond donors (Lipinski definition) is 0. The Morgan fingerprint density at radius 1 is 1.24 bits per heavy atom. The van der Waals surface area contributed by atoms with Gasteiger partial charge in [0.05, 0.1) is 11.0 Å². The van der Waals surface area contributed by atoms with Gasteiger partial charge in [-0.2, -0.15) is 0 Å². The second kappa shape index (κ2) is 6.39. The van der Waals surface area contributed by atoms with Crippen LogP contribution in [0.4, 0.5) is 0 Å². The van der Waals surface area contributed by atoms with E-state index in [0.29, 0.717) is 11.9 Å². The minimum Gasteiger partial charge on any atom is -0.325 e. The van der Waals surface area contributed by atoms with Crippen molar-refractivity contribution in [2.24, 2.45) is 5.92 Å². The summed E-state index contributed by atoms with van der Waals surface area (Å²) < 4.78 is 2.51. The van der Waals surface area contributed by atoms with Gasteiger partial charge in [-0.1, -0.05) is 32.3 Å². The molecular weight excluding hydrogens is 280 g/mol. The van der Waals surface area contributed by atoms with Crippen molar-refractivity contribution in [3.05, 3.63) is 29.6 Å². The Kier molecular flexibility index (Phi) is 4.54. The molecule has 2 aromatic rings. The summed E-state index contributed by atoms with van der Waals surface area (Å²) >= 11 is 6.02. The Hall–Kier alpha value is -1.02. The van der Waals surface area contributed by atoms with Crippen molar-refractivity contribution in [1.29, 1.82) is 0 Å². The van der Waals surface area contributed by atoms with Gasteiger partial charge in [-0.15, -0.1) is 11.6 Å². The van der Waals surface area contributed by atoms with Gasteiger partial charge in [-0.25, -0.2) is 4.98 Å². The highest BCUT2D eigenvalue weighted by Crippen LogP contribution is 2.36. The quantitative estimate of drug-likeness (QED) is 0.558. The summed E-state index contributed by atoms with van der Waals surface area (Å²) in [5.41, 5.74) is 3.70. The van der Waals surface area contributed by atoms with E-state index in [-0.39, 0.29) is 0 Å². The summed E-state index contributed by atoms with van der Waals surface area (Å²) in [5, 5.41) is 0. The zero-order valence-electron chi connectivity index (χ0n) is 13.1. The highest BCUT2D eigenvalue weighted by Gasteiger charge is 2.25. The molecule has 1 aromatic carbocycles. The fraction of sp³-hybridized carbons (Fsp3) is 0.611. The van der Waals surface area contributed by atoms with E-state index in [4.69, 9.17) is 16.6 Å². The molecule has 1 saturated carbocycles. The Bertz CT molecular complexity index is 617. The molecule has 0 spiro atoms. The molecule has 3 heteroatoms. The van der Waals surface area contributed by atoms with Gasteiger partial charge in [0.2, 0.25) is 0 Å². The third-order valence-corrected chi connectivity index (χ3v) is 5.07. The Morgan fingerprint density at radius 3 is 2.86 bits per heavy atom. The molecule has 0 radical (unpaired) electrons. The van der Waals surface area contributed by atoms with E-state index in [1.165, 1.54) is 49.0 Å². The molecule has 2 nitrogen and oxygen atoms in total. The van der Waals surface area contributed by atoms with Gasteiger partial charge in [0.1, 0.15) is 5.82 Å². The maximum Gasteiger partial charge on any atom is 0.111 e. The third-order valence-electron chi connectivity index (χ3n) is 4.88. The molecule has 0 bridgehead atoms. The van der Waals surface area contributed by atoms with E-state index in [1.807, 2.05) is 0 Å². The zero-order chi connectivity index (χ0) is 14.8. The number of rotatable bonds is 3. The Balaban J connectivity index is 2.11. The van der Waals surface area contributed by atoms with Gasteiger partial charge in [0.15, 0.2) is 0 Å². The summed E-state index contributed by atoms with van der Waals surface area (Å²) in [6.07, 6.45) is 7.54. The molecule has 1 aliphatic rings. The maximum absolute atomic E-state index is 6.02. The van der Waals surface area contributed by atoms with Crippen molar-refractivity contribution in [3.8, 4) is 0 Å². The van der Waals surface area contributed by atoms with E-state index in [1.54, 1.807) is 0 Å². The molecule has 2 atom stereocenters. The van der Waals surface area contributed by atoms with Crippen LogP contribution in [0.3, 0.4) is 0 Å². The summed E-state index contributed by atoms with van der Waals surface area (Å²) in [7, 11) is 0. The number of fused-ring (bicyclic) bond motifs is 1. The van der Waals surface area contributed by atoms with Crippen LogP contribution in [0.1, 0.15) is 56.5 Å². The van der Waals surface area contributed by atoms with Crippen molar-refractivity contribution in [3.63, 3.8) is 0 Å². The van der Waals surface area contributed by atoms with Crippen molar-refractivity contribution in [1.82, 2.24) is 9.55 Å². The fourth-order valence-electron chi connectivity index (χ4n) is 3.75. The lowest BCUT2D eigenvalue weighted by Gasteiger charge is -2.26. The van der Waals surface area contributed by atoms with Gasteiger partial charge in [-0.3, -0.25) is 0 Å². The van der Waals surface area contributed by atoms with Crippen LogP contribution >= 0.6 is 11.6 Å². The van der Waals surface area contributed by atoms with Gasteiger partial charge in [0, 0.05) is 18.3 Å². The molecule has 0 amide bonds. The van der Waals surface area contributed by atoms with Crippen LogP contribution in [0.25, 0.3) is 11.0 Å². The average Bonchev–Trinajstić information content (AvgIpc) is 2.65. The maximum atomic E-state index is 6.02. The second-order valence-corrected chi connectivity index (χ2v) is 6.89. The highest BCUT2D eigenvalue weighted by molar-refractivity contribution is 6.17. The van der Waals surface area contributed by atoms with Gasteiger partial charge in [0.25, 0.3) is 0 Å². The number of alkyl halides is 1. The van der Waals surface area contributed by atoms with Crippen LogP contribution in [0, 0.1) is 12.8 Å². The van der Waals surface area contributed by atoms with E-state index in [9.17, 15) is 0 Å². The second-order valence-electron chi connectivity index (χ2n) is 6.51. The minimum atomic E-state index is 0.582. The number of aryl methyl sites for hydroxylation is 2. The lowest BCUT2D eigenvalue weighted by molar-refractivity contribution is 0.333. The van der Waals surface area contributed by atoms with Crippen LogP contribution in [0.15, 0.2) is 18.2 Å². The van der Waals surface area contributed by atoms with Gasteiger partial charge < -0.3 is 4.57 Å². The molecule has 0 aliphatic heterocycles. The number of halogens is 1. The van der Waals surface area contributed by atoms with Gasteiger partial charge in [-0.05, 0) is 43.4 Å². The number of aromatic nitrogens is 2. The van der Waals surface area contributed by atoms with Crippen molar-refractivity contribution in [2.45, 2.75) is 58.4 Å². The van der Waals surface area contributed by atoms with Crippen molar-refractivity contribution >= 4 is 22.6 Å². The molecule has 3 rings (SSSR count). The van der Waals surface area contributed by atoms with E-state index >= 15 is 0 Å². The van der Waals surface area contributed by atoms with Crippen LogP contribution in [-0.2, 0) is 6.42 Å². The fourth-order valence-corrected chi connectivity index (χ4v) is 3.92. The first-order valence-electron chi connectivity index (χ1n) is 8.24. The van der Waals surface area contributed by atoms with Crippen molar-refractivity contribution < 1.29 is 0 Å². The van der Waals surface area contributed by atoms with Crippen molar-refractivity contribution in [2.75, 3.05) is 5.88 Å². The summed E-state index contributed by atoms with van der Waals surface area (Å²) in [6.45, 7) is 4.54. The van der Waals surface area contributed by atoms with Crippen LogP contribution in [0.2, 0.25) is 0 Å². The Morgan fingerprint density at radius 2 is 2.05 bits per heavy atom. The molecule has 114 valence electrons. The number of nitrogens with zero attached hydrogens (tertiary/aromatic N) is 2. The molecule has 1 aliphatic carbocycles. The smallest absolute Gasteiger partial charge is 0.111 e. The summed E-state index contributed by atoms with van der Waals surface area (Å²) in [5.74, 6) is 2.54. The first-order valence-corrected chi connectivity index (χ1v) is 8.77. The van der Waals surface area contributed by atoms with Crippen LogP contribution in [0.5, 0.6) is 0 Å². The molecular formula is C18H25ClN2. The van der Waals surface area contributed by atoms with Gasteiger partial charge >= 0.3 is 0 Å². The number of benzene rings is 1. The minimum absolute atomic E-state index is 0.582. The normalized spacial score (nSPS) is 23.4. The molecule has 0 N–H and O–H groups in total. The molecule has 1 aromatic heterocycles. The predicted molar refractivity (Wildman–Crippen MR) is 90.2 cm³/mol. The zero-order valence-corrected chi connectivity index (χ0v) is 13.9. The molecule has 21 heavy (non-hydrogen) atoms. The first-order chi connectivity index (χ1) is 10.2. The SMILES string of the molecule is Cc1ccc2c(c1)nc(CCCl)n2C1CCCCCC1C. The summed E-state index contributed by atoms with van der Waals surface area (Å²) in [4.78, 5) is 4.88. The number of hydrogen-bond acceptors (Lipinski definition) is 1. The standard InChI is InChI=1S/C18H25ClN2/c1-13-8-9-17-15(12-13)20-18(10-11-19)21(17)16-7-5-3-4-6-14(16)2/h8-9,12,14,16H,3-7,10-11H2,1-2H3. The van der Waals surface area contributed by atoms with Crippen LogP contribution < -0.4 is 0 Å². The number of imidazole rings is 1. The molecule has 0 saturated heterocycles. The Labute approximate surface area is 132 Å². The lowest BCUT2D eigenvalue weighted by Crippen LogP contribution is -2.18. The summed E-state index contributed by atoms with van der Waals surface area (Å²) in [6, 6.07) is 7.23. The highest BCUT2D eigenvalue weighted by atomic mass is 35.5. The average molecular weight is 305 g/mol. The van der Waals surface area contributed by atoms with E-state index in [0.717, 1.165) is 17.9 Å². The molecule has 2 unspecified atom stereocenters. The van der Waals surface area contributed by atoms with E-state index in [2.05, 4.69) is 36.6 Å². The molecule has 1 heterocycles. The largest absolute Gasteiger partial charge is 0.325 e. The van der Waals surface area contributed by atoms with E-state index < -0.39 is 0 Å². The predicted octanol–water partition coefficient (Wildman–Crippen LogP) is 5.27. The molecule has 1 fully saturated rings. The topological polar surface area (TPSA) is 17.8 Å². The lowest BCUT2D eigenvalue weighted by atomic mass is 9.96. The monoisotopic (exact) mass is 304 g/mol. The van der Waals surface area contributed by atoms with Crippen LogP contribution in [-0.4, -0.2) is 15.4 Å². The third kappa shape index (κ3) is 2.96.